The normalized spacial score (nSPS) is 18.1. The van der Waals surface area contributed by atoms with Crippen molar-refractivity contribution in [1.29, 1.82) is 5.41 Å². The summed E-state index contributed by atoms with van der Waals surface area (Å²) in [7, 11) is 1.50. The summed E-state index contributed by atoms with van der Waals surface area (Å²) in [5, 5.41) is 22.8. The van der Waals surface area contributed by atoms with Crippen LogP contribution >= 0.6 is 0 Å². The van der Waals surface area contributed by atoms with E-state index in [0.717, 1.165) is 25.7 Å². The standard InChI is InChI=1S/C21H25N3O4/c1-26-19-10-15-16(11-17(19)25)23-7-4-18(15)28-20(12-24-14-2-3-14)21(22)13-5-8-27-9-6-13/h4,7,10-14,22,24-25H,2-3,5-6,8-9H2,1H3/b20-12+,22-21?. The van der Waals surface area contributed by atoms with Crippen LogP contribution in [0.25, 0.3) is 10.9 Å². The van der Waals surface area contributed by atoms with Gasteiger partial charge in [0.2, 0.25) is 0 Å². The van der Waals surface area contributed by atoms with Crippen LogP contribution in [-0.2, 0) is 4.74 Å². The first-order chi connectivity index (χ1) is 13.7. The van der Waals surface area contributed by atoms with Crippen molar-refractivity contribution in [3.8, 4) is 17.2 Å². The summed E-state index contributed by atoms with van der Waals surface area (Å²) in [5.74, 6) is 1.59. The number of phenolic OH excluding ortho intramolecular Hbond substituents is 1. The Bertz CT molecular complexity index is 902. The Morgan fingerprint density at radius 3 is 2.75 bits per heavy atom. The molecule has 2 heterocycles. The number of nitrogens with zero attached hydrogens (tertiary/aromatic N) is 1. The van der Waals surface area contributed by atoms with Gasteiger partial charge >= 0.3 is 0 Å². The highest BCUT2D eigenvalue weighted by Crippen LogP contribution is 2.35. The Kier molecular flexibility index (Phi) is 5.34. The van der Waals surface area contributed by atoms with E-state index in [2.05, 4.69) is 10.3 Å². The number of hydrogen-bond acceptors (Lipinski definition) is 7. The fourth-order valence-electron chi connectivity index (χ4n) is 3.30. The van der Waals surface area contributed by atoms with E-state index < -0.39 is 0 Å². The van der Waals surface area contributed by atoms with Crippen molar-refractivity contribution in [3.63, 3.8) is 0 Å². The molecule has 1 aliphatic heterocycles. The number of methoxy groups -OCH3 is 1. The molecule has 1 aliphatic carbocycles. The van der Waals surface area contributed by atoms with Gasteiger partial charge in [0.1, 0.15) is 5.75 Å². The first-order valence-corrected chi connectivity index (χ1v) is 9.62. The molecule has 1 aromatic heterocycles. The van der Waals surface area contributed by atoms with Crippen molar-refractivity contribution in [2.75, 3.05) is 20.3 Å². The molecular formula is C21H25N3O4. The van der Waals surface area contributed by atoms with Crippen molar-refractivity contribution in [3.05, 3.63) is 36.4 Å². The monoisotopic (exact) mass is 383 g/mol. The number of aromatic hydroxyl groups is 1. The molecule has 1 saturated heterocycles. The topological polar surface area (TPSA) is 96.7 Å². The number of allylic oxidation sites excluding steroid dienone is 1. The number of phenols is 1. The molecule has 0 radical (unpaired) electrons. The van der Waals surface area contributed by atoms with Crippen molar-refractivity contribution in [1.82, 2.24) is 10.3 Å². The van der Waals surface area contributed by atoms with E-state index >= 15 is 0 Å². The highest BCUT2D eigenvalue weighted by Gasteiger charge is 2.25. The summed E-state index contributed by atoms with van der Waals surface area (Å²) in [4.78, 5) is 4.30. The quantitative estimate of drug-likeness (QED) is 0.501. The molecule has 2 aliphatic rings. The number of rotatable bonds is 7. The van der Waals surface area contributed by atoms with Gasteiger partial charge in [0.15, 0.2) is 17.3 Å². The zero-order valence-electron chi connectivity index (χ0n) is 15.9. The lowest BCUT2D eigenvalue weighted by molar-refractivity contribution is 0.0822. The maximum atomic E-state index is 10.0. The fraction of sp³-hybridized carbons (Fsp3) is 0.429. The van der Waals surface area contributed by atoms with Crippen LogP contribution in [0.2, 0.25) is 0 Å². The Morgan fingerprint density at radius 2 is 2.04 bits per heavy atom. The number of pyridine rings is 1. The average Bonchev–Trinajstić information content (AvgIpc) is 3.55. The smallest absolute Gasteiger partial charge is 0.164 e. The van der Waals surface area contributed by atoms with Gasteiger partial charge in [-0.3, -0.25) is 4.98 Å². The second-order valence-corrected chi connectivity index (χ2v) is 7.20. The predicted molar refractivity (Wildman–Crippen MR) is 106 cm³/mol. The van der Waals surface area contributed by atoms with E-state index in [1.807, 2.05) is 6.20 Å². The van der Waals surface area contributed by atoms with Gasteiger partial charge in [-0.15, -0.1) is 0 Å². The molecule has 4 rings (SSSR count). The number of nitrogens with one attached hydrogen (secondary N) is 2. The summed E-state index contributed by atoms with van der Waals surface area (Å²) in [5.41, 5.74) is 1.08. The Balaban J connectivity index is 1.65. The van der Waals surface area contributed by atoms with Crippen LogP contribution in [0.5, 0.6) is 17.2 Å². The molecule has 0 spiro atoms. The van der Waals surface area contributed by atoms with Crippen molar-refractivity contribution in [2.45, 2.75) is 31.7 Å². The maximum absolute atomic E-state index is 10.0. The lowest BCUT2D eigenvalue weighted by Crippen LogP contribution is -2.27. The molecule has 148 valence electrons. The first-order valence-electron chi connectivity index (χ1n) is 9.62. The third kappa shape index (κ3) is 4.04. The Labute approximate surface area is 163 Å². The van der Waals surface area contributed by atoms with Crippen LogP contribution in [0, 0.1) is 11.3 Å². The van der Waals surface area contributed by atoms with Crippen molar-refractivity contribution >= 4 is 16.6 Å². The zero-order valence-corrected chi connectivity index (χ0v) is 15.9. The van der Waals surface area contributed by atoms with E-state index in [1.54, 1.807) is 24.4 Å². The van der Waals surface area contributed by atoms with E-state index in [9.17, 15) is 5.11 Å². The largest absolute Gasteiger partial charge is 0.504 e. The molecule has 28 heavy (non-hydrogen) atoms. The summed E-state index contributed by atoms with van der Waals surface area (Å²) >= 11 is 0. The SMILES string of the molecule is COc1cc2c(O/C(=C/NC3CC3)C(=N)C3CCOCC3)ccnc2cc1O. The molecule has 0 atom stereocenters. The number of benzene rings is 1. The third-order valence-corrected chi connectivity index (χ3v) is 5.14. The van der Waals surface area contributed by atoms with Crippen molar-refractivity contribution < 1.29 is 19.3 Å². The number of ether oxygens (including phenoxy) is 3. The molecule has 0 bridgehead atoms. The van der Waals surface area contributed by atoms with E-state index in [1.165, 1.54) is 7.11 Å². The van der Waals surface area contributed by atoms with Gasteiger partial charge in [0.25, 0.3) is 0 Å². The number of hydrogen-bond donors (Lipinski definition) is 3. The molecular weight excluding hydrogens is 358 g/mol. The van der Waals surface area contributed by atoms with Gasteiger partial charge in [-0.2, -0.15) is 0 Å². The average molecular weight is 383 g/mol. The van der Waals surface area contributed by atoms with Crippen LogP contribution in [0.1, 0.15) is 25.7 Å². The summed E-state index contributed by atoms with van der Waals surface area (Å²) in [6, 6.07) is 5.49. The van der Waals surface area contributed by atoms with Crippen molar-refractivity contribution in [2.24, 2.45) is 5.92 Å². The maximum Gasteiger partial charge on any atom is 0.164 e. The number of aromatic nitrogens is 1. The fourth-order valence-corrected chi connectivity index (χ4v) is 3.30. The van der Waals surface area contributed by atoms with Crippen LogP contribution in [-0.4, -0.2) is 42.2 Å². The first kappa shape index (κ1) is 18.6. The van der Waals surface area contributed by atoms with Crippen LogP contribution in [0.15, 0.2) is 36.4 Å². The Hall–Kier alpha value is -2.80. The van der Waals surface area contributed by atoms with E-state index in [4.69, 9.17) is 19.6 Å². The summed E-state index contributed by atoms with van der Waals surface area (Å²) in [6.07, 6.45) is 7.38. The lowest BCUT2D eigenvalue weighted by atomic mass is 9.93. The molecule has 1 saturated carbocycles. The van der Waals surface area contributed by atoms with Gasteiger partial charge in [-0.05, 0) is 37.8 Å². The summed E-state index contributed by atoms with van der Waals surface area (Å²) in [6.45, 7) is 1.34. The third-order valence-electron chi connectivity index (χ3n) is 5.14. The highest BCUT2D eigenvalue weighted by molar-refractivity contribution is 5.99. The van der Waals surface area contributed by atoms with Gasteiger partial charge < -0.3 is 30.0 Å². The number of fused-ring (bicyclic) bond motifs is 1. The van der Waals surface area contributed by atoms with Gasteiger partial charge in [0, 0.05) is 49.0 Å². The van der Waals surface area contributed by atoms with Gasteiger partial charge in [-0.25, -0.2) is 0 Å². The van der Waals surface area contributed by atoms with Crippen LogP contribution < -0.4 is 14.8 Å². The van der Waals surface area contributed by atoms with E-state index in [-0.39, 0.29) is 11.7 Å². The molecule has 1 aromatic carbocycles. The second-order valence-electron chi connectivity index (χ2n) is 7.20. The van der Waals surface area contributed by atoms with Gasteiger partial charge in [-0.1, -0.05) is 0 Å². The van der Waals surface area contributed by atoms with Gasteiger partial charge in [0.05, 0.1) is 18.3 Å². The molecule has 2 fully saturated rings. The second kappa shape index (κ2) is 8.06. The molecule has 3 N–H and O–H groups in total. The Morgan fingerprint density at radius 1 is 1.25 bits per heavy atom. The molecule has 7 heteroatoms. The van der Waals surface area contributed by atoms with E-state index in [0.29, 0.717) is 53.1 Å². The molecule has 0 unspecified atom stereocenters. The minimum absolute atomic E-state index is 0.0285. The van der Waals surface area contributed by atoms with Crippen LogP contribution in [0.3, 0.4) is 0 Å². The predicted octanol–water partition coefficient (Wildman–Crippen LogP) is 3.37. The summed E-state index contributed by atoms with van der Waals surface area (Å²) < 4.78 is 16.9. The highest BCUT2D eigenvalue weighted by atomic mass is 16.5. The zero-order chi connectivity index (χ0) is 19.5. The molecule has 0 amide bonds. The lowest BCUT2D eigenvalue weighted by Gasteiger charge is -2.24. The molecule has 2 aromatic rings. The molecule has 7 nitrogen and oxygen atoms in total. The minimum atomic E-state index is 0.0285. The minimum Gasteiger partial charge on any atom is -0.504 e. The van der Waals surface area contributed by atoms with Crippen LogP contribution in [0.4, 0.5) is 0 Å².